The van der Waals surface area contributed by atoms with Gasteiger partial charge in [0.05, 0.1) is 6.10 Å². The molecular formula is C26H41N3O7. The van der Waals surface area contributed by atoms with Crippen LogP contribution in [-0.2, 0) is 30.5 Å². The molecule has 10 heteroatoms. The number of aliphatic carboxylic acids is 1. The summed E-state index contributed by atoms with van der Waals surface area (Å²) in [7, 11) is 0. The second kappa shape index (κ2) is 15.1. The number of esters is 1. The van der Waals surface area contributed by atoms with E-state index in [1.807, 2.05) is 26.8 Å². The summed E-state index contributed by atoms with van der Waals surface area (Å²) < 4.78 is 10.7. The Labute approximate surface area is 213 Å². The van der Waals surface area contributed by atoms with Gasteiger partial charge < -0.3 is 30.5 Å². The van der Waals surface area contributed by atoms with E-state index in [2.05, 4.69) is 16.0 Å². The first-order valence-corrected chi connectivity index (χ1v) is 12.2. The Balaban J connectivity index is 2.57. The van der Waals surface area contributed by atoms with E-state index >= 15 is 0 Å². The van der Waals surface area contributed by atoms with Crippen molar-refractivity contribution in [2.75, 3.05) is 25.0 Å². The summed E-state index contributed by atoms with van der Waals surface area (Å²) in [6.45, 7) is 11.5. The van der Waals surface area contributed by atoms with Crippen LogP contribution in [-0.4, -0.2) is 60.7 Å². The van der Waals surface area contributed by atoms with Crippen LogP contribution in [0.3, 0.4) is 0 Å². The first-order chi connectivity index (χ1) is 16.8. The molecule has 0 aliphatic heterocycles. The lowest BCUT2D eigenvalue weighted by Gasteiger charge is -2.24. The number of carbonyl (C=O) groups excluding carboxylic acids is 3. The quantitative estimate of drug-likeness (QED) is 0.197. The van der Waals surface area contributed by atoms with Crippen molar-refractivity contribution < 1.29 is 33.8 Å². The highest BCUT2D eigenvalue weighted by Gasteiger charge is 2.27. The van der Waals surface area contributed by atoms with Crippen LogP contribution in [0.25, 0.3) is 0 Å². The van der Waals surface area contributed by atoms with Crippen molar-refractivity contribution in [1.29, 1.82) is 0 Å². The molecule has 0 aliphatic carbocycles. The van der Waals surface area contributed by atoms with E-state index in [1.54, 1.807) is 26.0 Å². The van der Waals surface area contributed by atoms with Crippen LogP contribution in [0.4, 0.5) is 5.69 Å². The van der Waals surface area contributed by atoms with Crippen LogP contribution in [0.1, 0.15) is 76.7 Å². The van der Waals surface area contributed by atoms with Crippen LogP contribution in [0.5, 0.6) is 0 Å². The van der Waals surface area contributed by atoms with E-state index in [9.17, 15) is 19.2 Å². The van der Waals surface area contributed by atoms with E-state index in [0.29, 0.717) is 30.6 Å². The second-order valence-electron chi connectivity index (χ2n) is 9.71. The molecule has 0 aliphatic rings. The molecule has 1 atom stereocenters. The van der Waals surface area contributed by atoms with Crippen molar-refractivity contribution in [3.8, 4) is 0 Å². The van der Waals surface area contributed by atoms with Gasteiger partial charge in [-0.05, 0) is 45.7 Å². The zero-order valence-corrected chi connectivity index (χ0v) is 22.2. The van der Waals surface area contributed by atoms with Gasteiger partial charge in [-0.1, -0.05) is 19.9 Å². The molecule has 0 bridgehead atoms. The number of ether oxygens (including phenoxy) is 2. The van der Waals surface area contributed by atoms with E-state index < -0.39 is 17.4 Å². The van der Waals surface area contributed by atoms with E-state index in [4.69, 9.17) is 14.6 Å². The monoisotopic (exact) mass is 507 g/mol. The molecule has 0 saturated heterocycles. The van der Waals surface area contributed by atoms with Gasteiger partial charge in [0.25, 0.3) is 5.91 Å². The smallest absolute Gasteiger partial charge is 0.303 e. The Morgan fingerprint density at radius 3 is 2.33 bits per heavy atom. The van der Waals surface area contributed by atoms with E-state index in [0.717, 1.165) is 5.69 Å². The molecule has 1 rings (SSSR count). The van der Waals surface area contributed by atoms with Gasteiger partial charge in [0, 0.05) is 61.3 Å². The lowest BCUT2D eigenvalue weighted by molar-refractivity contribution is -0.142. The molecule has 202 valence electrons. The maximum atomic E-state index is 12.8. The molecule has 0 radical (unpaired) electrons. The summed E-state index contributed by atoms with van der Waals surface area (Å²) in [4.78, 5) is 47.3. The molecule has 0 fully saturated rings. The predicted molar refractivity (Wildman–Crippen MR) is 137 cm³/mol. The fourth-order valence-electron chi connectivity index (χ4n) is 3.24. The average Bonchev–Trinajstić information content (AvgIpc) is 2.78. The summed E-state index contributed by atoms with van der Waals surface area (Å²) in [5.41, 5.74) is 1.06. The lowest BCUT2D eigenvalue weighted by atomic mass is 9.88. The minimum atomic E-state index is -0.863. The zero-order valence-electron chi connectivity index (χ0n) is 22.2. The number of hydrogen-bond donors (Lipinski definition) is 4. The maximum Gasteiger partial charge on any atom is 0.303 e. The number of hydrogen-bond acceptors (Lipinski definition) is 7. The summed E-state index contributed by atoms with van der Waals surface area (Å²) in [6.07, 6.45) is 0.731. The predicted octanol–water partition coefficient (Wildman–Crippen LogP) is 3.10. The molecule has 1 unspecified atom stereocenters. The van der Waals surface area contributed by atoms with Gasteiger partial charge in [-0.25, -0.2) is 0 Å². The number of rotatable bonds is 16. The number of carboxylic acids is 1. The van der Waals surface area contributed by atoms with Crippen molar-refractivity contribution >= 4 is 29.4 Å². The third kappa shape index (κ3) is 12.0. The second-order valence-corrected chi connectivity index (χ2v) is 9.71. The Bertz CT molecular complexity index is 900. The highest BCUT2D eigenvalue weighted by molar-refractivity contribution is 5.96. The van der Waals surface area contributed by atoms with Crippen LogP contribution in [0, 0.1) is 5.41 Å². The third-order valence-electron chi connectivity index (χ3n) is 5.45. The molecule has 2 amide bonds. The van der Waals surface area contributed by atoms with Gasteiger partial charge in [0.1, 0.15) is 6.61 Å². The largest absolute Gasteiger partial charge is 0.481 e. The third-order valence-corrected chi connectivity index (χ3v) is 5.45. The zero-order chi connectivity index (χ0) is 27.3. The number of benzene rings is 1. The molecule has 0 spiro atoms. The van der Waals surface area contributed by atoms with Crippen molar-refractivity contribution in [1.82, 2.24) is 10.6 Å². The van der Waals surface area contributed by atoms with Gasteiger partial charge in [-0.2, -0.15) is 0 Å². The van der Waals surface area contributed by atoms with Crippen molar-refractivity contribution in [3.05, 3.63) is 29.3 Å². The fourth-order valence-corrected chi connectivity index (χ4v) is 3.24. The number of carboxylic acid groups (broad SMARTS) is 1. The molecule has 1 aromatic carbocycles. The molecule has 0 saturated carbocycles. The highest BCUT2D eigenvalue weighted by atomic mass is 16.5. The summed E-state index contributed by atoms with van der Waals surface area (Å²) in [5, 5.41) is 17.6. The van der Waals surface area contributed by atoms with Crippen molar-refractivity contribution in [3.63, 3.8) is 0 Å². The Morgan fingerprint density at radius 1 is 1.06 bits per heavy atom. The lowest BCUT2D eigenvalue weighted by Crippen LogP contribution is -2.41. The average molecular weight is 508 g/mol. The normalized spacial score (nSPS) is 12.1. The minimum Gasteiger partial charge on any atom is -0.481 e. The van der Waals surface area contributed by atoms with Gasteiger partial charge in [0.2, 0.25) is 5.91 Å². The molecule has 1 aromatic rings. The Hall–Kier alpha value is -3.14. The minimum absolute atomic E-state index is 0.0119. The Morgan fingerprint density at radius 2 is 1.72 bits per heavy atom. The Kier molecular flexibility index (Phi) is 12.9. The first kappa shape index (κ1) is 30.9. The first-order valence-electron chi connectivity index (χ1n) is 12.2. The molecule has 0 heterocycles. The van der Waals surface area contributed by atoms with Crippen molar-refractivity contribution in [2.45, 2.75) is 79.6 Å². The van der Waals surface area contributed by atoms with Gasteiger partial charge >= 0.3 is 11.9 Å². The van der Waals surface area contributed by atoms with E-state index in [-0.39, 0.29) is 50.1 Å². The fraction of sp³-hybridized carbons (Fsp3) is 0.615. The molecule has 10 nitrogen and oxygen atoms in total. The molecule has 4 N–H and O–H groups in total. The molecule has 36 heavy (non-hydrogen) atoms. The van der Waals surface area contributed by atoms with Crippen molar-refractivity contribution in [2.24, 2.45) is 5.41 Å². The van der Waals surface area contributed by atoms with Gasteiger partial charge in [-0.15, -0.1) is 0 Å². The summed E-state index contributed by atoms with van der Waals surface area (Å²) in [5.74, 6) is -1.80. The highest BCUT2D eigenvalue weighted by Crippen LogP contribution is 2.21. The number of carbonyl (C=O) groups is 4. The summed E-state index contributed by atoms with van der Waals surface area (Å²) >= 11 is 0. The van der Waals surface area contributed by atoms with Crippen LogP contribution in [0.2, 0.25) is 0 Å². The van der Waals surface area contributed by atoms with Gasteiger partial charge in [-0.3, -0.25) is 19.2 Å². The molecular weight excluding hydrogens is 466 g/mol. The van der Waals surface area contributed by atoms with Crippen LogP contribution < -0.4 is 16.0 Å². The summed E-state index contributed by atoms with van der Waals surface area (Å²) in [6, 6.07) is 5.47. The standard InChI is InChI=1S/C26H41N3O7/c1-17(2)29-21-9-8-20(16-36-19(4)30)22(15-21)24(33)27-12-13-28-25(34)26(5,6)11-14-35-18(3)7-10-23(31)32/h8-9,15,17-18,29H,7,10-14,16H2,1-6H3,(H,27,33)(H,28,34)(H,31,32). The number of amides is 2. The topological polar surface area (TPSA) is 143 Å². The van der Waals surface area contributed by atoms with Gasteiger partial charge in [0.15, 0.2) is 0 Å². The van der Waals surface area contributed by atoms with Crippen LogP contribution >= 0.6 is 0 Å². The number of anilines is 1. The molecule has 0 aromatic heterocycles. The maximum absolute atomic E-state index is 12.8. The van der Waals surface area contributed by atoms with Crippen LogP contribution in [0.15, 0.2) is 18.2 Å². The van der Waals surface area contributed by atoms with E-state index in [1.165, 1.54) is 6.92 Å². The SMILES string of the molecule is CC(=O)OCc1ccc(NC(C)C)cc1C(=O)NCCNC(=O)C(C)(C)CCOC(C)CCC(=O)O. The number of nitrogens with one attached hydrogen (secondary N) is 3.